The van der Waals surface area contributed by atoms with Crippen molar-refractivity contribution in [2.24, 2.45) is 0 Å². The van der Waals surface area contributed by atoms with Crippen LogP contribution in [0.4, 0.5) is 0 Å². The molecule has 0 aliphatic rings. The molecule has 3 aromatic carbocycles. The molecule has 0 spiro atoms. The van der Waals surface area contributed by atoms with E-state index in [2.05, 4.69) is 59.4 Å². The molecule has 154 valence electrons. The summed E-state index contributed by atoms with van der Waals surface area (Å²) in [5.41, 5.74) is 6.69. The van der Waals surface area contributed by atoms with Gasteiger partial charge < -0.3 is 23.4 Å². The molecule has 3 nitrogen and oxygen atoms in total. The van der Waals surface area contributed by atoms with Crippen LogP contribution in [0.2, 0.25) is 0 Å². The number of halogens is 2. The van der Waals surface area contributed by atoms with E-state index in [9.17, 15) is 0 Å². The molecule has 0 saturated heterocycles. The number of hydrogen-bond donors (Lipinski definition) is 2. The van der Waals surface area contributed by atoms with Crippen molar-refractivity contribution in [3.63, 3.8) is 0 Å². The van der Waals surface area contributed by atoms with Crippen LogP contribution >= 0.6 is 24.8 Å². The van der Waals surface area contributed by atoms with Crippen molar-refractivity contribution in [1.29, 1.82) is 0 Å². The molecule has 0 unspecified atom stereocenters. The molecule has 0 fully saturated rings. The van der Waals surface area contributed by atoms with Gasteiger partial charge in [0.1, 0.15) is 0 Å². The van der Waals surface area contributed by atoms with E-state index in [-0.39, 0.29) is 51.0 Å². The summed E-state index contributed by atoms with van der Waals surface area (Å²) in [5.74, 6) is 0. The zero-order valence-corrected chi connectivity index (χ0v) is 19.7. The quantitative estimate of drug-likeness (QED) is 0.366. The second-order valence-corrected chi connectivity index (χ2v) is 6.02. The Morgan fingerprint density at radius 2 is 1.11 bits per heavy atom. The summed E-state index contributed by atoms with van der Waals surface area (Å²) >= 11 is 1.75. The van der Waals surface area contributed by atoms with Crippen molar-refractivity contribution in [1.82, 2.24) is 0 Å². The fraction of sp³-hybridized carbons (Fsp3) is 0.286. The molecule has 0 saturated carbocycles. The average Bonchev–Trinajstić information content (AvgIpc) is 2.94. The standard InChI is InChI=1S/C13H9.C4H10N.C2H6O2.CH3.CH2.2ClH.Ti/c1-3-7-12-10(5-1)9-11-6-2-4-8-13(11)12;1-4(2,3)5;3-1-2-4;;;;;/h1-9H;5H,1-3H3;3-4H,1-2H2;1H3;1H2;2*1H;/q2*-1;;-1;;;;. The minimum Gasteiger partial charge on any atom is -0.358 e. The molecule has 27 heavy (non-hydrogen) atoms. The van der Waals surface area contributed by atoms with Crippen molar-refractivity contribution in [3.8, 4) is 0 Å². The van der Waals surface area contributed by atoms with Crippen LogP contribution in [0.1, 0.15) is 20.8 Å². The molecule has 3 N–H and O–H groups in total. The third-order valence-corrected chi connectivity index (χ3v) is 2.62. The first-order valence-electron chi connectivity index (χ1n) is 7.72. The summed E-state index contributed by atoms with van der Waals surface area (Å²) in [5, 5.41) is 20.6. The van der Waals surface area contributed by atoms with Crippen LogP contribution < -0.4 is 0 Å². The van der Waals surface area contributed by atoms with E-state index in [1.807, 2.05) is 20.8 Å². The third kappa shape index (κ3) is 15.0. The van der Waals surface area contributed by atoms with Gasteiger partial charge >= 0.3 is 24.8 Å². The normalized spacial score (nSPS) is 8.78. The molecule has 0 atom stereocenters. The molecule has 3 rings (SSSR count). The van der Waals surface area contributed by atoms with Gasteiger partial charge in [0, 0.05) is 0 Å². The molecule has 0 aromatic heterocycles. The van der Waals surface area contributed by atoms with Gasteiger partial charge in [-0.1, -0.05) is 57.2 Å². The Balaban J connectivity index is -0.000000164. The molecule has 0 amide bonds. The maximum absolute atomic E-state index is 7.62. The Bertz CT molecular complexity index is 654. The van der Waals surface area contributed by atoms with Gasteiger partial charge in [0.25, 0.3) is 0 Å². The number of hydrogen-bond acceptors (Lipinski definition) is 2. The Hall–Kier alpha value is -0.646. The molecular formula is C21H32Cl2NO2Ti-3. The molecular weight excluding hydrogens is 417 g/mol. The van der Waals surface area contributed by atoms with E-state index in [1.54, 1.807) is 20.0 Å². The molecule has 6 heteroatoms. The van der Waals surface area contributed by atoms with Crippen LogP contribution in [0.3, 0.4) is 0 Å². The van der Waals surface area contributed by atoms with Crippen LogP contribution in [0.5, 0.6) is 0 Å². The van der Waals surface area contributed by atoms with Gasteiger partial charge in [0.2, 0.25) is 0 Å². The summed E-state index contributed by atoms with van der Waals surface area (Å²) in [6.07, 6.45) is 0. The Morgan fingerprint density at radius 1 is 0.852 bits per heavy atom. The summed E-state index contributed by atoms with van der Waals surface area (Å²) in [7, 11) is 0. The number of aliphatic hydroxyl groups excluding tert-OH is 2. The topological polar surface area (TPSA) is 64.3 Å². The van der Waals surface area contributed by atoms with Crippen molar-refractivity contribution < 1.29 is 30.2 Å². The average molecular weight is 449 g/mol. The first-order valence-corrected chi connectivity index (χ1v) is 8.82. The van der Waals surface area contributed by atoms with Crippen LogP contribution in [0.15, 0.2) is 54.6 Å². The second-order valence-electron chi connectivity index (χ2n) is 6.02. The van der Waals surface area contributed by atoms with Crippen molar-refractivity contribution in [3.05, 3.63) is 67.8 Å². The summed E-state index contributed by atoms with van der Waals surface area (Å²) < 4.78 is 0. The smallest absolute Gasteiger partial charge is 0.0771 e. The fourth-order valence-electron chi connectivity index (χ4n) is 1.90. The maximum Gasteiger partial charge on any atom is -0.0771 e. The minimum absolute atomic E-state index is 0. The number of nitrogens with one attached hydrogen (secondary N) is 1. The summed E-state index contributed by atoms with van der Waals surface area (Å²) in [6, 6.07) is 19.3. The predicted molar refractivity (Wildman–Crippen MR) is 123 cm³/mol. The maximum atomic E-state index is 7.62. The van der Waals surface area contributed by atoms with Crippen molar-refractivity contribution >= 4 is 51.2 Å². The van der Waals surface area contributed by atoms with Gasteiger partial charge in [0.15, 0.2) is 0 Å². The first-order chi connectivity index (χ1) is 11.4. The van der Waals surface area contributed by atoms with Crippen LogP contribution in [0.25, 0.3) is 27.3 Å². The van der Waals surface area contributed by atoms with E-state index >= 15 is 0 Å². The molecule has 0 aliphatic carbocycles. The van der Waals surface area contributed by atoms with Gasteiger partial charge in [0.05, 0.1) is 13.2 Å². The van der Waals surface area contributed by atoms with Crippen molar-refractivity contribution in [2.45, 2.75) is 26.3 Å². The SMILES string of the molecule is CC(C)(C)[NH-].Cl.Cl.OCCO.[CH2]=[Ti].[CH3-].c1ccc2c(c1)[cH-]c1ccccc12. The number of rotatable bonds is 1. The second kappa shape index (κ2) is 18.7. The zero-order chi connectivity index (χ0) is 18.6. The van der Waals surface area contributed by atoms with Crippen LogP contribution in [-0.4, -0.2) is 33.8 Å². The fourth-order valence-corrected chi connectivity index (χ4v) is 1.90. The van der Waals surface area contributed by atoms with E-state index in [0.29, 0.717) is 0 Å². The van der Waals surface area contributed by atoms with Crippen LogP contribution in [-0.2, 0) is 20.0 Å². The molecule has 0 aliphatic heterocycles. The van der Waals surface area contributed by atoms with Gasteiger partial charge in [-0.3, -0.25) is 0 Å². The predicted octanol–water partition coefficient (Wildman–Crippen LogP) is 5.78. The number of aliphatic hydroxyl groups is 2. The molecule has 0 heterocycles. The summed E-state index contributed by atoms with van der Waals surface area (Å²) in [6.45, 7) is 5.31. The van der Waals surface area contributed by atoms with Gasteiger partial charge in [-0.05, 0) is 0 Å². The Labute approximate surface area is 188 Å². The van der Waals surface area contributed by atoms with Gasteiger partial charge in [-0.2, -0.15) is 0 Å². The van der Waals surface area contributed by atoms with Gasteiger partial charge in [-0.15, -0.1) is 70.1 Å². The Kier molecular flexibility index (Phi) is 23.5. The van der Waals surface area contributed by atoms with Gasteiger partial charge in [-0.25, -0.2) is 0 Å². The Morgan fingerprint density at radius 3 is 1.37 bits per heavy atom. The van der Waals surface area contributed by atoms with E-state index < -0.39 is 0 Å². The molecule has 3 aromatic rings. The monoisotopic (exact) mass is 448 g/mol. The minimum atomic E-state index is -0.250. The number of benzene rings is 2. The van der Waals surface area contributed by atoms with E-state index in [0.717, 1.165) is 0 Å². The third-order valence-electron chi connectivity index (χ3n) is 2.62. The summed E-state index contributed by atoms with van der Waals surface area (Å²) in [4.78, 5) is 3.25. The molecule has 0 radical (unpaired) electrons. The van der Waals surface area contributed by atoms with Crippen molar-refractivity contribution in [2.75, 3.05) is 13.2 Å². The van der Waals surface area contributed by atoms with Crippen LogP contribution in [0, 0.1) is 7.43 Å². The van der Waals surface area contributed by atoms with E-state index in [1.165, 1.54) is 21.5 Å². The molecule has 0 bridgehead atoms. The van der Waals surface area contributed by atoms with E-state index in [4.69, 9.17) is 15.9 Å². The number of fused-ring (bicyclic) bond motifs is 3. The zero-order valence-electron chi connectivity index (χ0n) is 16.5. The first kappa shape index (κ1) is 33.9. The largest absolute Gasteiger partial charge is 0.358 e.